The predicted octanol–water partition coefficient (Wildman–Crippen LogP) is 12.0. The molecule has 1 unspecified atom stereocenters. The van der Waals surface area contributed by atoms with Crippen molar-refractivity contribution in [3.63, 3.8) is 0 Å². The molecule has 5 aliphatic rings. The number of phenols is 10. The molecule has 32 heteroatoms. The zero-order chi connectivity index (χ0) is 95.2. The minimum Gasteiger partial charge on any atom is -0.504 e. The normalized spacial score (nSPS) is 20.3. The molecule has 706 valence electrons. The number of fused-ring (bicyclic) bond motifs is 1. The first-order chi connectivity index (χ1) is 63.5. The number of esters is 3. The molecule has 5 saturated heterocycles. The van der Waals surface area contributed by atoms with Crippen LogP contribution in [0.15, 0.2) is 182 Å². The standard InChI is InChI=1S/2C20H22O7.2C20H22O6.C20H26O6/c1-25-17-8-12(3-5-15(17)21)7-14-11-27-19(23)20(14,24)10-13-4-6-16(22)18(9-13)26-2;1-25-17-8-11(3-5-15(17)21)7-13-14(10-27-20(13)24)19(23)12-4-6-16(22)18(9-12)26-2;1-23-17-7-11(3-5-15(17)21)19-13-9-26-20(14(13)10-25-19)12-4-6-16(22)18(8-12)24-2;1-24-18-9-12(3-5-16(18)21)7-14-11-26-20(23)15(14)8-13-4-6-17(22)19(10-13)25-2;1-25-19-9-13(3-5-17(19)23)7-15(11-21)16(12-22)8-14-4-6-18(24)20(10-14)26-2/h3-6,8-9,14,21-22,24H,7,10-11H2,1-2H3;3-6,8-9,13-14,19,21-23H,7,10H2,1-2H3;3-8,13-14,19-22H,9-10H2,1-2H3;3-6,9-10,14-15,21-22H,7-8,11H2,1-2H3;3-6,9-10,15-16,21-24H,7-8,11-12H2,1-2H3/t14-,20-;13-,14+,19?;13-,14-,19+,20+;14-,15+;15-,16-/m01000/s1. The molecular formula is C100H114O32. The van der Waals surface area contributed by atoms with Gasteiger partial charge >= 0.3 is 17.9 Å². The maximum atomic E-state index is 12.3. The van der Waals surface area contributed by atoms with E-state index in [-0.39, 0.29) is 161 Å². The van der Waals surface area contributed by atoms with E-state index in [4.69, 9.17) is 71.1 Å². The maximum Gasteiger partial charge on any atom is 0.338 e. The molecule has 5 heterocycles. The molecule has 32 nitrogen and oxygen atoms in total. The lowest BCUT2D eigenvalue weighted by atomic mass is 9.81. The number of aliphatic hydroxyl groups excluding tert-OH is 3. The molecule has 0 aromatic heterocycles. The van der Waals surface area contributed by atoms with Gasteiger partial charge in [0.25, 0.3) is 0 Å². The van der Waals surface area contributed by atoms with Crippen molar-refractivity contribution < 1.29 is 157 Å². The minimum absolute atomic E-state index is 0.0167. The molecule has 5 aliphatic heterocycles. The van der Waals surface area contributed by atoms with Crippen molar-refractivity contribution in [1.82, 2.24) is 0 Å². The van der Waals surface area contributed by atoms with Gasteiger partial charge in [0, 0.05) is 49.2 Å². The number of aliphatic hydroxyl groups is 4. The van der Waals surface area contributed by atoms with Crippen LogP contribution < -0.4 is 47.4 Å². The minimum atomic E-state index is -1.70. The number of ether oxygens (including phenoxy) is 15. The molecule has 0 radical (unpaired) electrons. The second kappa shape index (κ2) is 45.8. The lowest BCUT2D eigenvalue weighted by Crippen LogP contribution is -2.44. The van der Waals surface area contributed by atoms with Gasteiger partial charge in [0.05, 0.1) is 134 Å². The highest BCUT2D eigenvalue weighted by molar-refractivity contribution is 5.82. The Labute approximate surface area is 763 Å². The topological polar surface area (TPSA) is 473 Å². The summed E-state index contributed by atoms with van der Waals surface area (Å²) in [6.07, 6.45) is 1.80. The zero-order valence-corrected chi connectivity index (χ0v) is 74.8. The summed E-state index contributed by atoms with van der Waals surface area (Å²) in [5, 5.41) is 139. The van der Waals surface area contributed by atoms with Gasteiger partial charge in [-0.1, -0.05) is 60.7 Å². The largest absolute Gasteiger partial charge is 0.504 e. The molecule has 15 rings (SSSR count). The van der Waals surface area contributed by atoms with E-state index in [1.165, 1.54) is 95.4 Å². The molecule has 0 spiro atoms. The highest BCUT2D eigenvalue weighted by Gasteiger charge is 2.52. The third-order valence-electron chi connectivity index (χ3n) is 24.5. The maximum absolute atomic E-state index is 12.3. The lowest BCUT2D eigenvalue weighted by Gasteiger charge is -2.26. The number of carbonyl (C=O) groups is 3. The summed E-state index contributed by atoms with van der Waals surface area (Å²) >= 11 is 0. The van der Waals surface area contributed by atoms with Gasteiger partial charge in [0.15, 0.2) is 121 Å². The predicted molar refractivity (Wildman–Crippen MR) is 478 cm³/mol. The molecule has 0 aliphatic carbocycles. The summed E-state index contributed by atoms with van der Waals surface area (Å²) in [6, 6.07) is 50.0. The number of hydrogen-bond acceptors (Lipinski definition) is 32. The van der Waals surface area contributed by atoms with Crippen LogP contribution in [0.4, 0.5) is 0 Å². The van der Waals surface area contributed by atoms with Crippen LogP contribution >= 0.6 is 0 Å². The first-order valence-electron chi connectivity index (χ1n) is 42.4. The Morgan fingerprint density at radius 2 is 0.636 bits per heavy atom. The number of methoxy groups -OCH3 is 10. The highest BCUT2D eigenvalue weighted by Crippen LogP contribution is 2.52. The summed E-state index contributed by atoms with van der Waals surface area (Å²) in [5.41, 5.74) is 6.67. The van der Waals surface area contributed by atoms with Crippen molar-refractivity contribution in [3.05, 3.63) is 238 Å². The molecular weight excluding hydrogens is 1710 g/mol. The first-order valence-corrected chi connectivity index (χ1v) is 42.4. The van der Waals surface area contributed by atoms with Gasteiger partial charge in [-0.15, -0.1) is 0 Å². The van der Waals surface area contributed by atoms with E-state index in [9.17, 15) is 85.9 Å². The van der Waals surface area contributed by atoms with Gasteiger partial charge in [-0.25, -0.2) is 4.79 Å². The van der Waals surface area contributed by atoms with E-state index in [1.807, 2.05) is 30.3 Å². The van der Waals surface area contributed by atoms with Crippen LogP contribution in [0, 0.1) is 53.3 Å². The number of benzene rings is 10. The van der Waals surface area contributed by atoms with Crippen molar-refractivity contribution in [2.75, 3.05) is 117 Å². The molecule has 0 bridgehead atoms. The van der Waals surface area contributed by atoms with Gasteiger partial charge in [0.2, 0.25) is 0 Å². The molecule has 13 atom stereocenters. The number of cyclic esters (lactones) is 3. The molecule has 10 aromatic carbocycles. The van der Waals surface area contributed by atoms with E-state index in [1.54, 1.807) is 127 Å². The van der Waals surface area contributed by atoms with Crippen LogP contribution in [0.25, 0.3) is 0 Å². The van der Waals surface area contributed by atoms with Crippen LogP contribution in [0.1, 0.15) is 73.9 Å². The van der Waals surface area contributed by atoms with Gasteiger partial charge in [0.1, 0.15) is 0 Å². The molecule has 14 N–H and O–H groups in total. The molecule has 5 fully saturated rings. The summed E-state index contributed by atoms with van der Waals surface area (Å²) in [6.45, 7) is 1.57. The average molecular weight is 1830 g/mol. The Morgan fingerprint density at radius 3 is 1.02 bits per heavy atom. The fraction of sp³-hybridized carbons (Fsp3) is 0.370. The van der Waals surface area contributed by atoms with Crippen LogP contribution in [-0.4, -0.2) is 212 Å². The van der Waals surface area contributed by atoms with Crippen molar-refractivity contribution >= 4 is 17.9 Å². The van der Waals surface area contributed by atoms with Crippen molar-refractivity contribution in [2.24, 2.45) is 53.3 Å². The quantitative estimate of drug-likeness (QED) is 0.0142. The van der Waals surface area contributed by atoms with Gasteiger partial charge in [-0.2, -0.15) is 0 Å². The van der Waals surface area contributed by atoms with E-state index in [0.29, 0.717) is 115 Å². The smallest absolute Gasteiger partial charge is 0.338 e. The Balaban J connectivity index is 0.000000159. The summed E-state index contributed by atoms with van der Waals surface area (Å²) in [4.78, 5) is 36.7. The number of phenolic OH excluding ortho intramolecular Hbond substituents is 10. The monoisotopic (exact) mass is 1830 g/mol. The number of aromatic hydroxyl groups is 10. The zero-order valence-electron chi connectivity index (χ0n) is 74.8. The van der Waals surface area contributed by atoms with E-state index < -0.39 is 35.4 Å². The summed E-state index contributed by atoms with van der Waals surface area (Å²) < 4.78 is 79.1. The van der Waals surface area contributed by atoms with Gasteiger partial charge < -0.3 is 143 Å². The third kappa shape index (κ3) is 23.9. The fourth-order valence-corrected chi connectivity index (χ4v) is 17.0. The van der Waals surface area contributed by atoms with Crippen LogP contribution in [0.5, 0.6) is 115 Å². The van der Waals surface area contributed by atoms with Crippen LogP contribution in [-0.2, 0) is 83.0 Å². The second-order valence-corrected chi connectivity index (χ2v) is 32.5. The molecule has 0 saturated carbocycles. The Kier molecular flexibility index (Phi) is 34.3. The SMILES string of the molecule is COc1cc(C[C@@H](CO)[C@H](CO)Cc2ccc(O)c(OC)c2)ccc1O.COc1cc(C[C@H]2C(=O)OC[C@@H]2C(O)c2ccc(O)c(OC)c2)ccc1O.COc1cc(C[C@H]2COC(=O)[C@@H]2Cc2ccc(O)c(OC)c2)ccc1O.COc1cc(C[C@H]2COC(=O)[C@]2(O)Cc2ccc(O)c(OC)c2)ccc1O.COc1cc([C@H]2OC[C@H]3[C@@H]2CO[C@@H]3c2ccc(O)c(OC)c2)ccc1O. The fourth-order valence-electron chi connectivity index (χ4n) is 17.0. The molecule has 0 amide bonds. The average Bonchev–Trinajstić information content (AvgIpc) is 1.61. The van der Waals surface area contributed by atoms with Gasteiger partial charge in [-0.05, 0) is 227 Å². The lowest BCUT2D eigenvalue weighted by molar-refractivity contribution is -0.154. The van der Waals surface area contributed by atoms with E-state index in [2.05, 4.69) is 0 Å². The van der Waals surface area contributed by atoms with Crippen molar-refractivity contribution in [3.8, 4) is 115 Å². The summed E-state index contributed by atoms with van der Waals surface area (Å²) in [5.74, 6) is 1.17. The third-order valence-corrected chi connectivity index (χ3v) is 24.5. The van der Waals surface area contributed by atoms with Gasteiger partial charge in [-0.3, -0.25) is 9.59 Å². The number of rotatable bonds is 31. The Morgan fingerprint density at radius 1 is 0.333 bits per heavy atom. The number of hydrogen-bond donors (Lipinski definition) is 14. The Hall–Kier alpha value is -13.6. The van der Waals surface area contributed by atoms with E-state index >= 15 is 0 Å². The van der Waals surface area contributed by atoms with Crippen LogP contribution in [0.2, 0.25) is 0 Å². The first kappa shape index (κ1) is 99.0. The molecule has 132 heavy (non-hydrogen) atoms. The second-order valence-electron chi connectivity index (χ2n) is 32.5. The highest BCUT2D eigenvalue weighted by atomic mass is 16.6. The summed E-state index contributed by atoms with van der Waals surface area (Å²) in [7, 11) is 14.8. The Bertz CT molecular complexity index is 5440. The van der Waals surface area contributed by atoms with E-state index in [0.717, 1.165) is 44.5 Å². The van der Waals surface area contributed by atoms with Crippen LogP contribution in [0.3, 0.4) is 0 Å². The number of carbonyl (C=O) groups excluding carboxylic acids is 3. The van der Waals surface area contributed by atoms with Crippen molar-refractivity contribution in [1.29, 1.82) is 0 Å². The molecule has 10 aromatic rings. The van der Waals surface area contributed by atoms with Crippen molar-refractivity contribution in [2.45, 2.75) is 68.9 Å².